The standard InChI is InChI=1S/C22H26N2O2S/c1-16-6-5-9-19(14-16)23-21(25)15-27-20-12-10-18(11-13-20)24-22(26)17-7-3-2-4-8-17/h5-6,9-14,17H,2-4,7-8,15H2,1H3,(H,23,25)(H,24,26). The van der Waals surface area contributed by atoms with Crippen LogP contribution in [-0.4, -0.2) is 17.6 Å². The van der Waals surface area contributed by atoms with Crippen molar-refractivity contribution in [3.63, 3.8) is 0 Å². The van der Waals surface area contributed by atoms with E-state index in [1.165, 1.54) is 18.2 Å². The van der Waals surface area contributed by atoms with Crippen LogP contribution in [0.4, 0.5) is 11.4 Å². The molecule has 1 aliphatic carbocycles. The van der Waals surface area contributed by atoms with Crippen LogP contribution in [0.3, 0.4) is 0 Å². The monoisotopic (exact) mass is 382 g/mol. The van der Waals surface area contributed by atoms with Gasteiger partial charge in [0.15, 0.2) is 0 Å². The van der Waals surface area contributed by atoms with E-state index in [1.807, 2.05) is 55.5 Å². The molecule has 1 fully saturated rings. The summed E-state index contributed by atoms with van der Waals surface area (Å²) in [6, 6.07) is 15.5. The number of rotatable bonds is 6. The number of nitrogens with one attached hydrogen (secondary N) is 2. The van der Waals surface area contributed by atoms with Gasteiger partial charge in [-0.1, -0.05) is 31.4 Å². The number of hydrogen-bond donors (Lipinski definition) is 2. The van der Waals surface area contributed by atoms with Crippen LogP contribution >= 0.6 is 11.8 Å². The van der Waals surface area contributed by atoms with Gasteiger partial charge in [0.1, 0.15) is 0 Å². The molecule has 4 nitrogen and oxygen atoms in total. The fraction of sp³-hybridized carbons (Fsp3) is 0.364. The number of aryl methyl sites for hydroxylation is 1. The van der Waals surface area contributed by atoms with Gasteiger partial charge in [0, 0.05) is 22.2 Å². The highest BCUT2D eigenvalue weighted by atomic mass is 32.2. The Balaban J connectivity index is 1.46. The molecule has 0 bridgehead atoms. The minimum absolute atomic E-state index is 0.0275. The van der Waals surface area contributed by atoms with Crippen LogP contribution in [-0.2, 0) is 9.59 Å². The van der Waals surface area contributed by atoms with E-state index in [1.54, 1.807) is 0 Å². The number of anilines is 2. The molecule has 0 saturated heterocycles. The molecule has 0 aromatic heterocycles. The Morgan fingerprint density at radius 2 is 1.70 bits per heavy atom. The fourth-order valence-electron chi connectivity index (χ4n) is 3.31. The van der Waals surface area contributed by atoms with Gasteiger partial charge in [0.2, 0.25) is 11.8 Å². The van der Waals surface area contributed by atoms with Crippen molar-refractivity contribution >= 4 is 35.0 Å². The van der Waals surface area contributed by atoms with Crippen molar-refractivity contribution in [2.75, 3.05) is 16.4 Å². The maximum absolute atomic E-state index is 12.3. The zero-order chi connectivity index (χ0) is 19.1. The van der Waals surface area contributed by atoms with Gasteiger partial charge in [-0.3, -0.25) is 9.59 Å². The lowest BCUT2D eigenvalue weighted by molar-refractivity contribution is -0.120. The molecular formula is C22H26N2O2S. The van der Waals surface area contributed by atoms with Gasteiger partial charge in [0.05, 0.1) is 5.75 Å². The van der Waals surface area contributed by atoms with Crippen molar-refractivity contribution in [1.29, 1.82) is 0 Å². The molecule has 0 atom stereocenters. The SMILES string of the molecule is Cc1cccc(NC(=O)CSc2ccc(NC(=O)C3CCCCC3)cc2)c1. The number of thioether (sulfide) groups is 1. The highest BCUT2D eigenvalue weighted by Crippen LogP contribution is 2.26. The first-order valence-electron chi connectivity index (χ1n) is 9.50. The fourth-order valence-corrected chi connectivity index (χ4v) is 4.01. The van der Waals surface area contributed by atoms with Crippen molar-refractivity contribution in [3.05, 3.63) is 54.1 Å². The van der Waals surface area contributed by atoms with E-state index in [2.05, 4.69) is 10.6 Å². The summed E-state index contributed by atoms with van der Waals surface area (Å²) in [7, 11) is 0. The smallest absolute Gasteiger partial charge is 0.234 e. The predicted molar refractivity (Wildman–Crippen MR) is 112 cm³/mol. The molecule has 27 heavy (non-hydrogen) atoms. The molecule has 142 valence electrons. The summed E-state index contributed by atoms with van der Waals surface area (Å²) in [6.45, 7) is 2.00. The first-order chi connectivity index (χ1) is 13.1. The third kappa shape index (κ3) is 6.14. The van der Waals surface area contributed by atoms with E-state index in [4.69, 9.17) is 0 Å². The third-order valence-corrected chi connectivity index (χ3v) is 5.78. The Morgan fingerprint density at radius 3 is 2.41 bits per heavy atom. The number of benzene rings is 2. The highest BCUT2D eigenvalue weighted by molar-refractivity contribution is 8.00. The molecule has 2 N–H and O–H groups in total. The van der Waals surface area contributed by atoms with Crippen molar-refractivity contribution in [1.82, 2.24) is 0 Å². The summed E-state index contributed by atoms with van der Waals surface area (Å²) in [5.74, 6) is 0.605. The van der Waals surface area contributed by atoms with Crippen LogP contribution in [0.25, 0.3) is 0 Å². The topological polar surface area (TPSA) is 58.2 Å². The summed E-state index contributed by atoms with van der Waals surface area (Å²) in [6.07, 6.45) is 5.54. The van der Waals surface area contributed by atoms with Crippen LogP contribution in [0.5, 0.6) is 0 Å². The molecule has 0 unspecified atom stereocenters. The van der Waals surface area contributed by atoms with Crippen molar-refractivity contribution in [2.24, 2.45) is 5.92 Å². The average Bonchev–Trinajstić information content (AvgIpc) is 2.68. The summed E-state index contributed by atoms with van der Waals surface area (Å²) < 4.78 is 0. The van der Waals surface area contributed by atoms with Crippen molar-refractivity contribution < 1.29 is 9.59 Å². The Morgan fingerprint density at radius 1 is 0.963 bits per heavy atom. The zero-order valence-corrected chi connectivity index (χ0v) is 16.5. The lowest BCUT2D eigenvalue weighted by atomic mass is 9.88. The van der Waals surface area contributed by atoms with E-state index in [9.17, 15) is 9.59 Å². The van der Waals surface area contributed by atoms with Crippen LogP contribution in [0, 0.1) is 12.8 Å². The lowest BCUT2D eigenvalue weighted by Crippen LogP contribution is -2.24. The van der Waals surface area contributed by atoms with Crippen LogP contribution in [0.15, 0.2) is 53.4 Å². The van der Waals surface area contributed by atoms with Gasteiger partial charge in [-0.25, -0.2) is 0 Å². The number of carbonyl (C=O) groups is 2. The first-order valence-corrected chi connectivity index (χ1v) is 10.5. The summed E-state index contributed by atoms with van der Waals surface area (Å²) in [5, 5.41) is 5.92. The van der Waals surface area contributed by atoms with E-state index in [0.29, 0.717) is 5.75 Å². The second kappa shape index (κ2) is 9.60. The first kappa shape index (κ1) is 19.5. The molecular weight excluding hydrogens is 356 g/mol. The zero-order valence-electron chi connectivity index (χ0n) is 15.7. The molecule has 2 aromatic carbocycles. The van der Waals surface area contributed by atoms with Crippen LogP contribution in [0.2, 0.25) is 0 Å². The Labute approximate surface area is 165 Å². The van der Waals surface area contributed by atoms with Gasteiger partial charge < -0.3 is 10.6 Å². The van der Waals surface area contributed by atoms with Crippen molar-refractivity contribution in [2.45, 2.75) is 43.9 Å². The van der Waals surface area contributed by atoms with Gasteiger partial charge in [-0.15, -0.1) is 11.8 Å². The molecule has 2 aromatic rings. The Hall–Kier alpha value is -2.27. The second-order valence-corrected chi connectivity index (χ2v) is 8.10. The average molecular weight is 383 g/mol. The largest absolute Gasteiger partial charge is 0.326 e. The van der Waals surface area contributed by atoms with Gasteiger partial charge in [0.25, 0.3) is 0 Å². The molecule has 0 spiro atoms. The summed E-state index contributed by atoms with van der Waals surface area (Å²) >= 11 is 1.48. The molecule has 2 amide bonds. The maximum atomic E-state index is 12.3. The van der Waals surface area contributed by atoms with E-state index in [-0.39, 0.29) is 17.7 Å². The van der Waals surface area contributed by atoms with Gasteiger partial charge in [-0.2, -0.15) is 0 Å². The lowest BCUT2D eigenvalue weighted by Gasteiger charge is -2.20. The van der Waals surface area contributed by atoms with Crippen LogP contribution in [0.1, 0.15) is 37.7 Å². The molecule has 0 aliphatic heterocycles. The minimum atomic E-state index is -0.0275. The van der Waals surface area contributed by atoms with E-state index in [0.717, 1.165) is 47.5 Å². The van der Waals surface area contributed by atoms with Crippen molar-refractivity contribution in [3.8, 4) is 0 Å². The molecule has 3 rings (SSSR count). The molecule has 1 aliphatic rings. The Kier molecular flexibility index (Phi) is 6.93. The number of hydrogen-bond acceptors (Lipinski definition) is 3. The predicted octanol–water partition coefficient (Wildman–Crippen LogP) is 5.24. The summed E-state index contributed by atoms with van der Waals surface area (Å²) in [4.78, 5) is 25.4. The maximum Gasteiger partial charge on any atom is 0.234 e. The normalized spacial score (nSPS) is 14.6. The third-order valence-electron chi connectivity index (χ3n) is 4.77. The molecule has 1 saturated carbocycles. The minimum Gasteiger partial charge on any atom is -0.326 e. The van der Waals surface area contributed by atoms with E-state index >= 15 is 0 Å². The number of carbonyl (C=O) groups excluding carboxylic acids is 2. The van der Waals surface area contributed by atoms with Crippen LogP contribution < -0.4 is 10.6 Å². The molecule has 5 heteroatoms. The quantitative estimate of drug-likeness (QED) is 0.671. The van der Waals surface area contributed by atoms with E-state index < -0.39 is 0 Å². The number of amides is 2. The molecule has 0 radical (unpaired) electrons. The second-order valence-electron chi connectivity index (χ2n) is 7.05. The van der Waals surface area contributed by atoms with Gasteiger partial charge >= 0.3 is 0 Å². The molecule has 0 heterocycles. The highest BCUT2D eigenvalue weighted by Gasteiger charge is 2.20. The van der Waals surface area contributed by atoms with Gasteiger partial charge in [-0.05, 0) is 61.7 Å². The Bertz CT molecular complexity index is 783. The summed E-state index contributed by atoms with van der Waals surface area (Å²) in [5.41, 5.74) is 2.76.